The smallest absolute Gasteiger partial charge is 0.240 e. The largest absolute Gasteiger partial charge is 0.370 e. The molecule has 1 aromatic heterocycles. The maximum atomic E-state index is 12.4. The molecule has 0 aliphatic carbocycles. The maximum absolute atomic E-state index is 12.4. The normalized spacial score (nSPS) is 22.4. The van der Waals surface area contributed by atoms with Crippen LogP contribution in [0, 0.1) is 0 Å². The van der Waals surface area contributed by atoms with E-state index in [1.165, 1.54) is 12.3 Å². The van der Waals surface area contributed by atoms with Gasteiger partial charge in [0.15, 0.2) is 0 Å². The maximum Gasteiger partial charge on any atom is 0.240 e. The van der Waals surface area contributed by atoms with E-state index in [0.717, 1.165) is 31.6 Å². The Kier molecular flexibility index (Phi) is 5.51. The van der Waals surface area contributed by atoms with Crippen LogP contribution < -0.4 is 10.0 Å². The van der Waals surface area contributed by atoms with Gasteiger partial charge in [0.25, 0.3) is 0 Å². The monoisotopic (exact) mass is 329 g/mol. The summed E-state index contributed by atoms with van der Waals surface area (Å²) in [6, 6.07) is 3.12. The van der Waals surface area contributed by atoms with E-state index in [9.17, 15) is 8.42 Å². The molecule has 1 aliphatic heterocycles. The number of aromatic nitrogens is 1. The van der Waals surface area contributed by atoms with E-state index in [-0.39, 0.29) is 9.64 Å². The number of thioether (sulfide) groups is 1. The lowest BCUT2D eigenvalue weighted by Gasteiger charge is -2.22. The number of sulfonamides is 1. The Morgan fingerprint density at radius 3 is 2.95 bits per heavy atom. The highest BCUT2D eigenvalue weighted by Crippen LogP contribution is 2.37. The standard InChI is InChI=1S/C14H23N3O2S2/c1-3-7-15-13-10-12(5-8-16-13)21(18,19)17-11-14(2)6-4-9-20-14/h5,8,10,17H,3-4,6-7,9,11H2,1-2H3,(H,15,16). The van der Waals surface area contributed by atoms with Crippen LogP contribution in [0.3, 0.4) is 0 Å². The fourth-order valence-electron chi connectivity index (χ4n) is 2.24. The summed E-state index contributed by atoms with van der Waals surface area (Å²) in [6.45, 7) is 5.42. The molecule has 2 N–H and O–H groups in total. The van der Waals surface area contributed by atoms with Crippen LogP contribution in [0.15, 0.2) is 23.2 Å². The number of hydrogen-bond acceptors (Lipinski definition) is 5. The molecule has 0 aromatic carbocycles. The summed E-state index contributed by atoms with van der Waals surface area (Å²) in [6.07, 6.45) is 4.70. The minimum absolute atomic E-state index is 0.0173. The van der Waals surface area contributed by atoms with Crippen LogP contribution in [0.5, 0.6) is 0 Å². The number of rotatable bonds is 7. The van der Waals surface area contributed by atoms with Gasteiger partial charge in [0.1, 0.15) is 5.82 Å². The molecule has 1 fully saturated rings. The van der Waals surface area contributed by atoms with Crippen molar-refractivity contribution in [1.82, 2.24) is 9.71 Å². The second-order valence-corrected chi connectivity index (χ2v) is 8.98. The molecule has 0 saturated carbocycles. The van der Waals surface area contributed by atoms with E-state index in [4.69, 9.17) is 0 Å². The Balaban J connectivity index is 2.04. The van der Waals surface area contributed by atoms with Crippen LogP contribution in [-0.4, -0.2) is 37.0 Å². The minimum Gasteiger partial charge on any atom is -0.370 e. The molecule has 0 spiro atoms. The quantitative estimate of drug-likeness (QED) is 0.804. The lowest BCUT2D eigenvalue weighted by atomic mass is 10.1. The molecular weight excluding hydrogens is 306 g/mol. The van der Waals surface area contributed by atoms with Crippen LogP contribution in [0.4, 0.5) is 5.82 Å². The average Bonchev–Trinajstić information content (AvgIpc) is 2.91. The second-order valence-electron chi connectivity index (χ2n) is 5.53. The second kappa shape index (κ2) is 6.98. The summed E-state index contributed by atoms with van der Waals surface area (Å²) in [5, 5.41) is 3.10. The van der Waals surface area contributed by atoms with Gasteiger partial charge in [-0.15, -0.1) is 0 Å². The lowest BCUT2D eigenvalue weighted by Crippen LogP contribution is -2.36. The first-order valence-electron chi connectivity index (χ1n) is 7.29. The molecule has 21 heavy (non-hydrogen) atoms. The molecule has 2 heterocycles. The Morgan fingerprint density at radius 2 is 2.29 bits per heavy atom. The van der Waals surface area contributed by atoms with Crippen molar-refractivity contribution in [2.75, 3.05) is 24.2 Å². The molecule has 0 amide bonds. The molecule has 5 nitrogen and oxygen atoms in total. The van der Waals surface area contributed by atoms with Crippen molar-refractivity contribution in [1.29, 1.82) is 0 Å². The van der Waals surface area contributed by atoms with Gasteiger partial charge in [0, 0.05) is 30.1 Å². The zero-order valence-corrected chi connectivity index (χ0v) is 14.2. The molecule has 2 rings (SSSR count). The van der Waals surface area contributed by atoms with Gasteiger partial charge < -0.3 is 5.32 Å². The highest BCUT2D eigenvalue weighted by molar-refractivity contribution is 8.01. The fourth-order valence-corrected chi connectivity index (χ4v) is 4.75. The first kappa shape index (κ1) is 16.6. The van der Waals surface area contributed by atoms with E-state index in [2.05, 4.69) is 28.9 Å². The Labute approximate surface area is 131 Å². The average molecular weight is 329 g/mol. The van der Waals surface area contributed by atoms with Crippen molar-refractivity contribution in [2.45, 2.75) is 42.8 Å². The third kappa shape index (κ3) is 4.59. The van der Waals surface area contributed by atoms with Crippen LogP contribution >= 0.6 is 11.8 Å². The summed E-state index contributed by atoms with van der Waals surface area (Å²) < 4.78 is 27.5. The number of pyridine rings is 1. The summed E-state index contributed by atoms with van der Waals surface area (Å²) in [7, 11) is -3.48. The SMILES string of the molecule is CCCNc1cc(S(=O)(=O)NCC2(C)CCCS2)ccn1. The topological polar surface area (TPSA) is 71.1 Å². The van der Waals surface area contributed by atoms with E-state index in [0.29, 0.717) is 12.4 Å². The van der Waals surface area contributed by atoms with Crippen molar-refractivity contribution < 1.29 is 8.42 Å². The van der Waals surface area contributed by atoms with E-state index < -0.39 is 10.0 Å². The summed E-state index contributed by atoms with van der Waals surface area (Å²) in [4.78, 5) is 4.40. The first-order chi connectivity index (χ1) is 9.95. The highest BCUT2D eigenvalue weighted by atomic mass is 32.2. The first-order valence-corrected chi connectivity index (χ1v) is 9.76. The van der Waals surface area contributed by atoms with E-state index in [1.54, 1.807) is 6.07 Å². The summed E-state index contributed by atoms with van der Waals surface area (Å²) >= 11 is 1.84. The van der Waals surface area contributed by atoms with Crippen molar-refractivity contribution in [3.05, 3.63) is 18.3 Å². The Hall–Kier alpha value is -0.790. The lowest BCUT2D eigenvalue weighted by molar-refractivity contribution is 0.552. The molecule has 118 valence electrons. The summed E-state index contributed by atoms with van der Waals surface area (Å²) in [5.41, 5.74) is 0. The molecule has 0 radical (unpaired) electrons. The Morgan fingerprint density at radius 1 is 1.48 bits per heavy atom. The van der Waals surface area contributed by atoms with Gasteiger partial charge in [-0.3, -0.25) is 0 Å². The van der Waals surface area contributed by atoms with Gasteiger partial charge in [-0.25, -0.2) is 18.1 Å². The van der Waals surface area contributed by atoms with Gasteiger partial charge in [0.2, 0.25) is 10.0 Å². The van der Waals surface area contributed by atoms with Crippen LogP contribution in [0.1, 0.15) is 33.1 Å². The summed E-state index contributed by atoms with van der Waals surface area (Å²) in [5.74, 6) is 1.71. The molecule has 1 aliphatic rings. The molecule has 1 atom stereocenters. The number of nitrogens with one attached hydrogen (secondary N) is 2. The predicted octanol–water partition coefficient (Wildman–Crippen LogP) is 2.47. The zero-order valence-electron chi connectivity index (χ0n) is 12.6. The molecule has 1 saturated heterocycles. The molecule has 7 heteroatoms. The predicted molar refractivity (Wildman–Crippen MR) is 88.3 cm³/mol. The zero-order chi connectivity index (χ0) is 15.3. The highest BCUT2D eigenvalue weighted by Gasteiger charge is 2.31. The number of hydrogen-bond donors (Lipinski definition) is 2. The van der Waals surface area contributed by atoms with Gasteiger partial charge >= 0.3 is 0 Å². The van der Waals surface area contributed by atoms with Crippen LogP contribution in [0.25, 0.3) is 0 Å². The minimum atomic E-state index is -3.48. The van der Waals surface area contributed by atoms with Crippen molar-refractivity contribution in [3.63, 3.8) is 0 Å². The molecular formula is C14H23N3O2S2. The van der Waals surface area contributed by atoms with Crippen molar-refractivity contribution >= 4 is 27.6 Å². The van der Waals surface area contributed by atoms with E-state index in [1.807, 2.05) is 11.8 Å². The van der Waals surface area contributed by atoms with Crippen LogP contribution in [-0.2, 0) is 10.0 Å². The molecule has 0 bridgehead atoms. The number of nitrogens with zero attached hydrogens (tertiary/aromatic N) is 1. The Bertz CT molecular complexity index is 569. The van der Waals surface area contributed by atoms with E-state index >= 15 is 0 Å². The van der Waals surface area contributed by atoms with Gasteiger partial charge in [0.05, 0.1) is 4.90 Å². The van der Waals surface area contributed by atoms with Gasteiger partial charge in [-0.2, -0.15) is 11.8 Å². The fraction of sp³-hybridized carbons (Fsp3) is 0.643. The third-order valence-electron chi connectivity index (χ3n) is 3.53. The van der Waals surface area contributed by atoms with Crippen molar-refractivity contribution in [2.24, 2.45) is 0 Å². The molecule has 1 aromatic rings. The number of anilines is 1. The van der Waals surface area contributed by atoms with Crippen molar-refractivity contribution in [3.8, 4) is 0 Å². The van der Waals surface area contributed by atoms with Crippen LogP contribution in [0.2, 0.25) is 0 Å². The van der Waals surface area contributed by atoms with Gasteiger partial charge in [-0.05, 0) is 38.0 Å². The molecule has 1 unspecified atom stereocenters. The third-order valence-corrected chi connectivity index (χ3v) is 6.47. The van der Waals surface area contributed by atoms with Gasteiger partial charge in [-0.1, -0.05) is 6.92 Å².